The third kappa shape index (κ3) is 3.91. The van der Waals surface area contributed by atoms with Crippen LogP contribution in [0.5, 0.6) is 0 Å². The first-order valence-corrected chi connectivity index (χ1v) is 15.1. The molecular formula is C43H27N. The highest BCUT2D eigenvalue weighted by molar-refractivity contribution is 6.28. The van der Waals surface area contributed by atoms with Gasteiger partial charge in [0.1, 0.15) is 0 Å². The molecule has 0 bridgehead atoms. The molecule has 0 aliphatic rings. The Morgan fingerprint density at radius 2 is 0.886 bits per heavy atom. The molecule has 204 valence electrons. The topological polar surface area (TPSA) is 12.9 Å². The number of fused-ring (bicyclic) bond motifs is 1. The minimum Gasteiger partial charge on any atom is -0.264 e. The van der Waals surface area contributed by atoms with E-state index in [1.54, 1.807) is 0 Å². The molecule has 1 heteroatoms. The maximum absolute atomic E-state index is 4.31. The molecule has 0 aliphatic heterocycles. The van der Waals surface area contributed by atoms with Gasteiger partial charge in [-0.2, -0.15) is 0 Å². The highest BCUT2D eigenvalue weighted by atomic mass is 14.6. The Kier molecular flexibility index (Phi) is 5.57. The first-order valence-electron chi connectivity index (χ1n) is 15.1. The summed E-state index contributed by atoms with van der Waals surface area (Å²) in [5.41, 5.74) is 9.73. The maximum atomic E-state index is 4.31. The average molecular weight is 558 g/mol. The second-order valence-corrected chi connectivity index (χ2v) is 11.6. The van der Waals surface area contributed by atoms with Gasteiger partial charge < -0.3 is 0 Å². The van der Waals surface area contributed by atoms with E-state index < -0.39 is 0 Å². The zero-order valence-corrected chi connectivity index (χ0v) is 24.0. The van der Waals surface area contributed by atoms with E-state index in [1.165, 1.54) is 82.0 Å². The van der Waals surface area contributed by atoms with E-state index in [0.717, 1.165) is 5.56 Å². The first kappa shape index (κ1) is 24.8. The SMILES string of the molecule is c1cncc(-c2ccc(-c3cc(-c4ccc(-c5cccc6ccccc56)cc4)c4ccc5cccc6ccc3c4c65)cc2)c1. The molecular weight excluding hydrogens is 530 g/mol. The van der Waals surface area contributed by atoms with Gasteiger partial charge in [0, 0.05) is 12.4 Å². The van der Waals surface area contributed by atoms with Crippen LogP contribution in [0.3, 0.4) is 0 Å². The Morgan fingerprint density at radius 1 is 0.318 bits per heavy atom. The molecule has 1 nitrogen and oxygen atoms in total. The molecule has 0 saturated carbocycles. The van der Waals surface area contributed by atoms with Crippen molar-refractivity contribution in [1.82, 2.24) is 4.98 Å². The molecule has 0 radical (unpaired) electrons. The van der Waals surface area contributed by atoms with Gasteiger partial charge in [0.2, 0.25) is 0 Å². The van der Waals surface area contributed by atoms with Gasteiger partial charge in [-0.05, 0) is 99.7 Å². The first-order chi connectivity index (χ1) is 21.8. The van der Waals surface area contributed by atoms with Crippen LogP contribution in [0.15, 0.2) is 164 Å². The van der Waals surface area contributed by atoms with Crippen LogP contribution < -0.4 is 0 Å². The van der Waals surface area contributed by atoms with Gasteiger partial charge in [0.15, 0.2) is 0 Å². The Hall–Kier alpha value is -5.79. The number of hydrogen-bond donors (Lipinski definition) is 0. The summed E-state index contributed by atoms with van der Waals surface area (Å²) in [4.78, 5) is 4.31. The Labute approximate surface area is 256 Å². The van der Waals surface area contributed by atoms with Crippen molar-refractivity contribution in [3.63, 3.8) is 0 Å². The quantitative estimate of drug-likeness (QED) is 0.196. The number of pyridine rings is 1. The molecule has 0 atom stereocenters. The lowest BCUT2D eigenvalue weighted by Crippen LogP contribution is -1.91. The van der Waals surface area contributed by atoms with E-state index >= 15 is 0 Å². The maximum Gasteiger partial charge on any atom is 0.0346 e. The number of benzene rings is 8. The lowest BCUT2D eigenvalue weighted by Gasteiger charge is -2.18. The highest BCUT2D eigenvalue weighted by Crippen LogP contribution is 2.44. The summed E-state index contributed by atoms with van der Waals surface area (Å²) in [6.45, 7) is 0. The fourth-order valence-corrected chi connectivity index (χ4v) is 6.99. The molecule has 0 unspecified atom stereocenters. The van der Waals surface area contributed by atoms with Gasteiger partial charge >= 0.3 is 0 Å². The van der Waals surface area contributed by atoms with Crippen molar-refractivity contribution < 1.29 is 0 Å². The molecule has 0 saturated heterocycles. The second kappa shape index (κ2) is 9.90. The van der Waals surface area contributed by atoms with Gasteiger partial charge in [-0.1, -0.05) is 140 Å². The van der Waals surface area contributed by atoms with E-state index in [4.69, 9.17) is 0 Å². The fourth-order valence-electron chi connectivity index (χ4n) is 6.99. The summed E-state index contributed by atoms with van der Waals surface area (Å²) in [6.07, 6.45) is 3.74. The number of aromatic nitrogens is 1. The summed E-state index contributed by atoms with van der Waals surface area (Å²) >= 11 is 0. The standard InChI is InChI=1S/C43H27N/c1-2-11-36-29(6-1)7-4-12-37(36)30-17-19-32(20-18-30)41-26-40(31-15-13-28(14-16-31)35-10-5-25-44-27-35)38-23-21-33-8-3-9-34-22-24-39(41)43(38)42(33)34/h1-27H. The van der Waals surface area contributed by atoms with E-state index in [0.29, 0.717) is 0 Å². The van der Waals surface area contributed by atoms with Crippen LogP contribution >= 0.6 is 0 Å². The minimum atomic E-state index is 1.13. The smallest absolute Gasteiger partial charge is 0.0346 e. The molecule has 0 N–H and O–H groups in total. The normalized spacial score (nSPS) is 11.6. The van der Waals surface area contributed by atoms with Crippen LogP contribution in [0.25, 0.3) is 87.6 Å². The fraction of sp³-hybridized carbons (Fsp3) is 0. The Balaban J connectivity index is 1.25. The van der Waals surface area contributed by atoms with Crippen LogP contribution in [0.2, 0.25) is 0 Å². The number of hydrogen-bond acceptors (Lipinski definition) is 1. The number of rotatable bonds is 4. The minimum absolute atomic E-state index is 1.13. The molecule has 1 heterocycles. The largest absolute Gasteiger partial charge is 0.264 e. The summed E-state index contributed by atoms with van der Waals surface area (Å²) < 4.78 is 0. The van der Waals surface area contributed by atoms with Crippen LogP contribution in [0.1, 0.15) is 0 Å². The zero-order chi connectivity index (χ0) is 29.0. The molecule has 0 spiro atoms. The van der Waals surface area contributed by atoms with Gasteiger partial charge in [0.25, 0.3) is 0 Å². The lowest BCUT2D eigenvalue weighted by atomic mass is 9.85. The third-order valence-electron chi connectivity index (χ3n) is 9.13. The monoisotopic (exact) mass is 557 g/mol. The van der Waals surface area contributed by atoms with E-state index in [1.807, 2.05) is 18.5 Å². The van der Waals surface area contributed by atoms with Crippen molar-refractivity contribution in [2.75, 3.05) is 0 Å². The van der Waals surface area contributed by atoms with E-state index in [2.05, 4.69) is 151 Å². The highest BCUT2D eigenvalue weighted by Gasteiger charge is 2.17. The Morgan fingerprint density at radius 3 is 1.55 bits per heavy atom. The summed E-state index contributed by atoms with van der Waals surface area (Å²) in [5, 5.41) is 10.4. The molecule has 9 aromatic rings. The molecule has 9 rings (SSSR count). The van der Waals surface area contributed by atoms with Crippen molar-refractivity contribution in [2.24, 2.45) is 0 Å². The van der Waals surface area contributed by atoms with Crippen LogP contribution in [-0.2, 0) is 0 Å². The average Bonchev–Trinajstić information content (AvgIpc) is 3.11. The van der Waals surface area contributed by atoms with Gasteiger partial charge in [-0.15, -0.1) is 0 Å². The Bertz CT molecular complexity index is 2430. The molecule has 0 amide bonds. The molecule has 8 aromatic carbocycles. The predicted molar refractivity (Wildman–Crippen MR) is 187 cm³/mol. The molecule has 1 aromatic heterocycles. The van der Waals surface area contributed by atoms with Gasteiger partial charge in [0.05, 0.1) is 0 Å². The lowest BCUT2D eigenvalue weighted by molar-refractivity contribution is 1.33. The van der Waals surface area contributed by atoms with Gasteiger partial charge in [-0.3, -0.25) is 4.98 Å². The summed E-state index contributed by atoms with van der Waals surface area (Å²) in [5.74, 6) is 0. The second-order valence-electron chi connectivity index (χ2n) is 11.6. The number of nitrogens with zero attached hydrogens (tertiary/aromatic N) is 1. The third-order valence-corrected chi connectivity index (χ3v) is 9.13. The van der Waals surface area contributed by atoms with Crippen molar-refractivity contribution in [1.29, 1.82) is 0 Å². The van der Waals surface area contributed by atoms with Crippen molar-refractivity contribution in [3.8, 4) is 44.5 Å². The van der Waals surface area contributed by atoms with Gasteiger partial charge in [-0.25, -0.2) is 0 Å². The molecule has 0 aliphatic carbocycles. The van der Waals surface area contributed by atoms with Crippen LogP contribution in [0, 0.1) is 0 Å². The molecule has 0 fully saturated rings. The van der Waals surface area contributed by atoms with Crippen LogP contribution in [-0.4, -0.2) is 4.98 Å². The van der Waals surface area contributed by atoms with Crippen LogP contribution in [0.4, 0.5) is 0 Å². The van der Waals surface area contributed by atoms with Crippen molar-refractivity contribution in [2.45, 2.75) is 0 Å². The van der Waals surface area contributed by atoms with Crippen molar-refractivity contribution in [3.05, 3.63) is 164 Å². The van der Waals surface area contributed by atoms with E-state index in [-0.39, 0.29) is 0 Å². The van der Waals surface area contributed by atoms with E-state index in [9.17, 15) is 0 Å². The predicted octanol–water partition coefficient (Wildman–Crippen LogP) is 11.8. The zero-order valence-electron chi connectivity index (χ0n) is 24.0. The molecule has 44 heavy (non-hydrogen) atoms. The summed E-state index contributed by atoms with van der Waals surface area (Å²) in [7, 11) is 0. The van der Waals surface area contributed by atoms with Crippen molar-refractivity contribution >= 4 is 43.1 Å². The summed E-state index contributed by atoms with van der Waals surface area (Å²) in [6, 6.07) is 55.5.